The number of ether oxygens (including phenoxy) is 1. The molecule has 0 saturated carbocycles. The zero-order valence-corrected chi connectivity index (χ0v) is 18.0. The number of aromatic nitrogens is 1. The molecule has 2 aromatic carbocycles. The van der Waals surface area contributed by atoms with E-state index in [1.165, 1.54) is 0 Å². The first-order valence-corrected chi connectivity index (χ1v) is 10.2. The molecule has 0 aliphatic carbocycles. The van der Waals surface area contributed by atoms with Crippen molar-refractivity contribution in [3.63, 3.8) is 0 Å². The Morgan fingerprint density at radius 3 is 2.71 bits per heavy atom. The van der Waals surface area contributed by atoms with Gasteiger partial charge in [-0.3, -0.25) is 9.59 Å². The van der Waals surface area contributed by atoms with Crippen LogP contribution in [-0.2, 0) is 11.3 Å². The van der Waals surface area contributed by atoms with Gasteiger partial charge in [-0.05, 0) is 36.8 Å². The summed E-state index contributed by atoms with van der Waals surface area (Å²) in [4.78, 5) is 24.3. The Morgan fingerprint density at radius 1 is 1.23 bits per heavy atom. The SMILES string of the molecule is CCCn1c(O)c(N=NC(=O)CCNC(=O)c2ccccc2Cl)c2cc(OC)ccc21. The number of carbonyl (C=O) groups excluding carboxylic acids is 2. The molecule has 0 bridgehead atoms. The van der Waals surface area contributed by atoms with Gasteiger partial charge in [0.15, 0.2) is 5.69 Å². The molecule has 0 aliphatic heterocycles. The fourth-order valence-electron chi connectivity index (χ4n) is 3.16. The number of nitrogens with zero attached hydrogens (tertiary/aromatic N) is 3. The Kier molecular flexibility index (Phi) is 7.25. The minimum Gasteiger partial charge on any atom is -0.497 e. The van der Waals surface area contributed by atoms with Gasteiger partial charge in [0, 0.05) is 24.9 Å². The number of rotatable bonds is 8. The molecule has 0 unspecified atom stereocenters. The molecule has 3 rings (SSSR count). The van der Waals surface area contributed by atoms with Gasteiger partial charge < -0.3 is 19.7 Å². The standard InChI is InChI=1S/C22H23ClN4O4/c1-3-12-27-18-9-8-14(31-2)13-16(18)20(22(27)30)26-25-19(28)10-11-24-21(29)15-6-4-5-7-17(15)23/h4-9,13,30H,3,10-12H2,1-2H3,(H,24,29). The highest BCUT2D eigenvalue weighted by atomic mass is 35.5. The third kappa shape index (κ3) is 5.03. The summed E-state index contributed by atoms with van der Waals surface area (Å²) in [6, 6.07) is 12.0. The van der Waals surface area contributed by atoms with Crippen LogP contribution in [0.15, 0.2) is 52.7 Å². The molecule has 1 heterocycles. The summed E-state index contributed by atoms with van der Waals surface area (Å²) in [6.45, 7) is 2.67. The van der Waals surface area contributed by atoms with E-state index < -0.39 is 5.91 Å². The van der Waals surface area contributed by atoms with Crippen molar-refractivity contribution in [2.45, 2.75) is 26.3 Å². The van der Waals surface area contributed by atoms with Gasteiger partial charge in [0.1, 0.15) is 5.75 Å². The number of nitrogens with one attached hydrogen (secondary N) is 1. The zero-order valence-electron chi connectivity index (χ0n) is 17.3. The van der Waals surface area contributed by atoms with Crippen molar-refractivity contribution in [1.29, 1.82) is 0 Å². The van der Waals surface area contributed by atoms with Crippen molar-refractivity contribution in [2.75, 3.05) is 13.7 Å². The third-order valence-corrected chi connectivity index (χ3v) is 5.00. The van der Waals surface area contributed by atoms with Gasteiger partial charge in [-0.2, -0.15) is 0 Å². The fraction of sp³-hybridized carbons (Fsp3) is 0.273. The lowest BCUT2D eigenvalue weighted by Crippen LogP contribution is -2.25. The van der Waals surface area contributed by atoms with Crippen molar-refractivity contribution in [3.8, 4) is 11.6 Å². The molecule has 2 amide bonds. The van der Waals surface area contributed by atoms with Crippen molar-refractivity contribution in [1.82, 2.24) is 9.88 Å². The Morgan fingerprint density at radius 2 is 2.00 bits per heavy atom. The minimum atomic E-state index is -0.529. The van der Waals surface area contributed by atoms with Crippen molar-refractivity contribution >= 4 is 40.0 Å². The molecule has 0 radical (unpaired) electrons. The van der Waals surface area contributed by atoms with Gasteiger partial charge in [0.25, 0.3) is 11.8 Å². The van der Waals surface area contributed by atoms with Gasteiger partial charge in [-0.25, -0.2) is 0 Å². The van der Waals surface area contributed by atoms with Gasteiger partial charge >= 0.3 is 0 Å². The maximum atomic E-state index is 12.2. The number of hydrogen-bond acceptors (Lipinski definition) is 5. The van der Waals surface area contributed by atoms with E-state index in [1.807, 2.05) is 13.0 Å². The van der Waals surface area contributed by atoms with E-state index in [1.54, 1.807) is 48.1 Å². The summed E-state index contributed by atoms with van der Waals surface area (Å²) in [6.07, 6.45) is 0.765. The van der Waals surface area contributed by atoms with E-state index in [-0.39, 0.29) is 30.4 Å². The lowest BCUT2D eigenvalue weighted by atomic mass is 10.2. The minimum absolute atomic E-state index is 0.0443. The third-order valence-electron chi connectivity index (χ3n) is 4.67. The highest BCUT2D eigenvalue weighted by Crippen LogP contribution is 2.40. The summed E-state index contributed by atoms with van der Waals surface area (Å²) in [7, 11) is 1.55. The number of hydrogen-bond donors (Lipinski definition) is 2. The van der Waals surface area contributed by atoms with Crippen molar-refractivity contribution in [3.05, 3.63) is 53.1 Å². The van der Waals surface area contributed by atoms with E-state index in [9.17, 15) is 14.7 Å². The van der Waals surface area contributed by atoms with Crippen LogP contribution >= 0.6 is 11.6 Å². The molecule has 0 saturated heterocycles. The van der Waals surface area contributed by atoms with E-state index >= 15 is 0 Å². The lowest BCUT2D eigenvalue weighted by Gasteiger charge is -2.05. The van der Waals surface area contributed by atoms with Crippen LogP contribution in [0.5, 0.6) is 11.6 Å². The normalized spacial score (nSPS) is 11.2. The lowest BCUT2D eigenvalue weighted by molar-refractivity contribution is -0.118. The predicted octanol–water partition coefficient (Wildman–Crippen LogP) is 4.85. The molecule has 1 aromatic heterocycles. The molecule has 2 N–H and O–H groups in total. The number of carbonyl (C=O) groups is 2. The summed E-state index contributed by atoms with van der Waals surface area (Å²) >= 11 is 5.99. The van der Waals surface area contributed by atoms with E-state index in [2.05, 4.69) is 15.5 Å². The van der Waals surface area contributed by atoms with Crippen LogP contribution < -0.4 is 10.1 Å². The molecule has 8 nitrogen and oxygen atoms in total. The van der Waals surface area contributed by atoms with Crippen LogP contribution in [0, 0.1) is 0 Å². The fourth-order valence-corrected chi connectivity index (χ4v) is 3.38. The Labute approximate surface area is 184 Å². The molecule has 0 spiro atoms. The number of aryl methyl sites for hydroxylation is 1. The maximum Gasteiger partial charge on any atom is 0.266 e. The van der Waals surface area contributed by atoms with Gasteiger partial charge in [-0.15, -0.1) is 10.2 Å². The predicted molar refractivity (Wildman–Crippen MR) is 118 cm³/mol. The van der Waals surface area contributed by atoms with Crippen molar-refractivity contribution in [2.24, 2.45) is 10.2 Å². The molecule has 3 aromatic rings. The highest BCUT2D eigenvalue weighted by molar-refractivity contribution is 6.33. The Hall–Kier alpha value is -3.39. The molecule has 9 heteroatoms. The van der Waals surface area contributed by atoms with Crippen molar-refractivity contribution < 1.29 is 19.4 Å². The van der Waals surface area contributed by atoms with E-state index in [0.717, 1.165) is 11.9 Å². The summed E-state index contributed by atoms with van der Waals surface area (Å²) in [5.41, 5.74) is 1.31. The Bertz CT molecular complexity index is 1140. The van der Waals surface area contributed by atoms with Crippen LogP contribution in [0.4, 0.5) is 5.69 Å². The first-order chi connectivity index (χ1) is 15.0. The number of benzene rings is 2. The number of halogens is 1. The van der Waals surface area contributed by atoms with Gasteiger partial charge in [0.2, 0.25) is 5.88 Å². The molecule has 0 aliphatic rings. The van der Waals surface area contributed by atoms with E-state index in [0.29, 0.717) is 28.3 Å². The largest absolute Gasteiger partial charge is 0.497 e. The summed E-state index contributed by atoms with van der Waals surface area (Å²) < 4.78 is 6.97. The smallest absolute Gasteiger partial charge is 0.266 e. The first kappa shape index (κ1) is 22.3. The monoisotopic (exact) mass is 442 g/mol. The molecule has 0 atom stereocenters. The summed E-state index contributed by atoms with van der Waals surface area (Å²) in [5, 5.41) is 21.9. The number of methoxy groups -OCH3 is 1. The second kappa shape index (κ2) is 10.1. The molecular formula is C22H23ClN4O4. The molecule has 31 heavy (non-hydrogen) atoms. The summed E-state index contributed by atoms with van der Waals surface area (Å²) in [5.74, 6) is -0.360. The van der Waals surface area contributed by atoms with Gasteiger partial charge in [-0.1, -0.05) is 30.7 Å². The number of aromatic hydroxyl groups is 1. The zero-order chi connectivity index (χ0) is 22.4. The van der Waals surface area contributed by atoms with Gasteiger partial charge in [0.05, 0.1) is 23.2 Å². The Balaban J connectivity index is 1.71. The van der Waals surface area contributed by atoms with Crippen LogP contribution in [0.25, 0.3) is 10.9 Å². The second-order valence-electron chi connectivity index (χ2n) is 6.79. The topological polar surface area (TPSA) is 105 Å². The second-order valence-corrected chi connectivity index (χ2v) is 7.19. The first-order valence-electron chi connectivity index (χ1n) is 9.82. The maximum absolute atomic E-state index is 12.2. The quantitative estimate of drug-likeness (QED) is 0.486. The van der Waals surface area contributed by atoms with Crippen LogP contribution in [0.1, 0.15) is 30.1 Å². The highest BCUT2D eigenvalue weighted by Gasteiger charge is 2.17. The molecule has 162 valence electrons. The number of amides is 2. The van der Waals surface area contributed by atoms with Crippen LogP contribution in [-0.4, -0.2) is 35.1 Å². The molecular weight excluding hydrogens is 420 g/mol. The van der Waals surface area contributed by atoms with Crippen LogP contribution in [0.3, 0.4) is 0 Å². The average Bonchev–Trinajstić information content (AvgIpc) is 3.03. The number of fused-ring (bicyclic) bond motifs is 1. The van der Waals surface area contributed by atoms with E-state index in [4.69, 9.17) is 16.3 Å². The molecule has 0 fully saturated rings. The average molecular weight is 443 g/mol. The number of azo groups is 1. The van der Waals surface area contributed by atoms with Crippen LogP contribution in [0.2, 0.25) is 5.02 Å².